The van der Waals surface area contributed by atoms with Crippen LogP contribution in [-0.4, -0.2) is 58.4 Å². The summed E-state index contributed by atoms with van der Waals surface area (Å²) in [6, 6.07) is 15.9. The molecule has 0 spiro atoms. The third-order valence-corrected chi connectivity index (χ3v) is 9.50. The predicted molar refractivity (Wildman–Crippen MR) is 183 cm³/mol. The summed E-state index contributed by atoms with van der Waals surface area (Å²) in [6.07, 6.45) is 5.21. The van der Waals surface area contributed by atoms with Crippen LogP contribution in [0, 0.1) is 11.7 Å². The number of hydrogen-bond acceptors (Lipinski definition) is 7. The number of ether oxygens (including phenoxy) is 3. The molecule has 0 saturated heterocycles. The van der Waals surface area contributed by atoms with Crippen LogP contribution in [0.3, 0.4) is 0 Å². The summed E-state index contributed by atoms with van der Waals surface area (Å²) in [6.45, 7) is 4.91. The maximum Gasteiger partial charge on any atom is 0.319 e. The van der Waals surface area contributed by atoms with Crippen LogP contribution >= 0.6 is 11.6 Å². The third kappa shape index (κ3) is 8.19. The maximum atomic E-state index is 16.1. The number of esters is 1. The molecule has 10 heteroatoms. The zero-order valence-corrected chi connectivity index (χ0v) is 28.6. The van der Waals surface area contributed by atoms with Gasteiger partial charge in [0.05, 0.1) is 45.0 Å². The highest BCUT2D eigenvalue weighted by atomic mass is 35.5. The summed E-state index contributed by atoms with van der Waals surface area (Å²) < 4.78 is 32.6. The van der Waals surface area contributed by atoms with E-state index in [0.29, 0.717) is 28.5 Å². The van der Waals surface area contributed by atoms with E-state index in [0.717, 1.165) is 61.0 Å². The van der Waals surface area contributed by atoms with Gasteiger partial charge in [-0.1, -0.05) is 23.7 Å². The van der Waals surface area contributed by atoms with Gasteiger partial charge in [0.15, 0.2) is 11.5 Å². The van der Waals surface area contributed by atoms with Crippen molar-refractivity contribution in [2.45, 2.75) is 70.6 Å². The number of amides is 1. The number of carbonyl (C=O) groups excluding carboxylic acids is 2. The van der Waals surface area contributed by atoms with Crippen LogP contribution in [0.2, 0.25) is 5.02 Å². The average Bonchev–Trinajstić information content (AvgIpc) is 3.06. The molecule has 1 atom stereocenters. The molecule has 1 N–H and O–H groups in total. The number of halogens is 2. The Labute approximate surface area is 282 Å². The van der Waals surface area contributed by atoms with Gasteiger partial charge in [-0.05, 0) is 111 Å². The summed E-state index contributed by atoms with van der Waals surface area (Å²) in [7, 11) is 4.95. The number of fused-ring (bicyclic) bond motifs is 1. The highest BCUT2D eigenvalue weighted by molar-refractivity contribution is 6.30. The zero-order valence-electron chi connectivity index (χ0n) is 27.9. The van der Waals surface area contributed by atoms with E-state index in [1.807, 2.05) is 51.2 Å². The van der Waals surface area contributed by atoms with Crippen LogP contribution in [0.4, 0.5) is 15.8 Å². The number of hydrogen-bond donors (Lipinski definition) is 1. The van der Waals surface area contributed by atoms with Crippen molar-refractivity contribution in [3.63, 3.8) is 0 Å². The highest BCUT2D eigenvalue weighted by Crippen LogP contribution is 2.44. The van der Waals surface area contributed by atoms with Crippen LogP contribution in [0.25, 0.3) is 0 Å². The van der Waals surface area contributed by atoms with Crippen LogP contribution in [0.15, 0.2) is 54.6 Å². The fourth-order valence-corrected chi connectivity index (χ4v) is 6.82. The van der Waals surface area contributed by atoms with Gasteiger partial charge in [-0.15, -0.1) is 0 Å². The van der Waals surface area contributed by atoms with Crippen LogP contribution in [-0.2, 0) is 20.7 Å². The first-order valence-corrected chi connectivity index (χ1v) is 16.7. The van der Waals surface area contributed by atoms with Gasteiger partial charge in [-0.25, -0.2) is 4.39 Å². The van der Waals surface area contributed by atoms with E-state index in [1.165, 1.54) is 13.2 Å². The minimum atomic E-state index is -0.598. The van der Waals surface area contributed by atoms with Gasteiger partial charge < -0.3 is 24.4 Å². The Bertz CT molecular complexity index is 1560. The van der Waals surface area contributed by atoms with Gasteiger partial charge >= 0.3 is 5.97 Å². The van der Waals surface area contributed by atoms with Crippen LogP contribution < -0.4 is 24.6 Å². The molecule has 1 fully saturated rings. The Morgan fingerprint density at radius 1 is 1.04 bits per heavy atom. The van der Waals surface area contributed by atoms with E-state index in [1.54, 1.807) is 30.2 Å². The molecule has 0 bridgehead atoms. The molecule has 0 aromatic heterocycles. The predicted octanol–water partition coefficient (Wildman–Crippen LogP) is 7.10. The number of nitrogens with zero attached hydrogens (tertiary/aromatic N) is 2. The molecule has 1 amide bonds. The molecule has 252 valence electrons. The minimum Gasteiger partial charge on any atom is -0.493 e. The second kappa shape index (κ2) is 15.4. The molecular formula is C37H45ClFN3O5. The summed E-state index contributed by atoms with van der Waals surface area (Å²) in [4.78, 5) is 28.9. The van der Waals surface area contributed by atoms with Gasteiger partial charge in [0.25, 0.3) is 0 Å². The van der Waals surface area contributed by atoms with E-state index in [-0.39, 0.29) is 36.6 Å². The summed E-state index contributed by atoms with van der Waals surface area (Å²) in [5.41, 5.74) is 3.44. The molecule has 3 aromatic rings. The van der Waals surface area contributed by atoms with Gasteiger partial charge in [0.2, 0.25) is 5.91 Å². The normalized spacial score (nSPS) is 19.4. The van der Waals surface area contributed by atoms with Crippen molar-refractivity contribution in [1.29, 1.82) is 0 Å². The van der Waals surface area contributed by atoms with Gasteiger partial charge in [-0.3, -0.25) is 14.5 Å². The number of anilines is 2. The lowest BCUT2D eigenvalue weighted by atomic mass is 9.84. The number of benzene rings is 3. The molecule has 47 heavy (non-hydrogen) atoms. The Morgan fingerprint density at radius 3 is 2.40 bits per heavy atom. The first kappa shape index (κ1) is 34.5. The molecule has 1 heterocycles. The van der Waals surface area contributed by atoms with E-state index < -0.39 is 11.9 Å². The second-order valence-electron chi connectivity index (χ2n) is 12.8. The Kier molecular flexibility index (Phi) is 11.3. The van der Waals surface area contributed by atoms with Crippen molar-refractivity contribution >= 4 is 34.9 Å². The number of carbonyl (C=O) groups is 2. The number of methoxy groups -OCH3 is 2. The molecule has 3 aromatic carbocycles. The fraction of sp³-hybridized carbons (Fsp3) is 0.459. The Morgan fingerprint density at radius 2 is 1.77 bits per heavy atom. The number of nitrogens with one attached hydrogen (secondary N) is 1. The smallest absolute Gasteiger partial charge is 0.319 e. The van der Waals surface area contributed by atoms with Crippen LogP contribution in [0.5, 0.6) is 11.5 Å². The molecule has 1 saturated carbocycles. The minimum absolute atomic E-state index is 0.0932. The van der Waals surface area contributed by atoms with E-state index in [4.69, 9.17) is 25.8 Å². The van der Waals surface area contributed by atoms with E-state index in [2.05, 4.69) is 10.2 Å². The van der Waals surface area contributed by atoms with E-state index >= 15 is 4.39 Å². The van der Waals surface area contributed by atoms with Crippen molar-refractivity contribution in [2.75, 3.05) is 44.2 Å². The number of rotatable bonds is 12. The standard InChI is InChI=1S/C37H45ClFN3O5/c1-23(2)47-34-21-30-26(18-33(34)45-4)19-35(43)42(37(30)25-8-10-27(38)11-9-25)32-15-14-29(20-31(32)39)41(3)17-16-24-6-12-28(13-7-24)40-22-36(44)46-5/h8-11,14-15,18,20-21,23-24,28,37,40H,6-7,12-13,16-17,19,22H2,1-5H3. The third-order valence-electron chi connectivity index (χ3n) is 9.25. The molecule has 1 aliphatic carbocycles. The van der Waals surface area contributed by atoms with Crippen LogP contribution in [0.1, 0.15) is 68.7 Å². The average molecular weight is 666 g/mol. The summed E-state index contributed by atoms with van der Waals surface area (Å²) >= 11 is 6.24. The molecule has 0 radical (unpaired) electrons. The van der Waals surface area contributed by atoms with Crippen molar-refractivity contribution in [3.8, 4) is 11.5 Å². The van der Waals surface area contributed by atoms with E-state index in [9.17, 15) is 9.59 Å². The van der Waals surface area contributed by atoms with Crippen molar-refractivity contribution in [2.24, 2.45) is 5.92 Å². The van der Waals surface area contributed by atoms with Gasteiger partial charge in [-0.2, -0.15) is 0 Å². The fourth-order valence-electron chi connectivity index (χ4n) is 6.70. The molecule has 1 unspecified atom stereocenters. The second-order valence-corrected chi connectivity index (χ2v) is 13.2. The van der Waals surface area contributed by atoms with Crippen molar-refractivity contribution in [1.82, 2.24) is 5.32 Å². The zero-order chi connectivity index (χ0) is 33.7. The Hall–Kier alpha value is -3.82. The topological polar surface area (TPSA) is 80.3 Å². The highest BCUT2D eigenvalue weighted by Gasteiger charge is 2.37. The summed E-state index contributed by atoms with van der Waals surface area (Å²) in [5, 5.41) is 3.86. The SMILES string of the molecule is COC(=O)CNC1CCC(CCN(C)c2ccc(N3C(=O)Cc4cc(OC)c(OC(C)C)cc4C3c3ccc(Cl)cc3)c(F)c2)CC1. The first-order chi connectivity index (χ1) is 22.6. The van der Waals surface area contributed by atoms with Gasteiger partial charge in [0.1, 0.15) is 5.82 Å². The molecule has 5 rings (SSSR count). The molecular weight excluding hydrogens is 621 g/mol. The largest absolute Gasteiger partial charge is 0.493 e. The lowest BCUT2D eigenvalue weighted by molar-refractivity contribution is -0.139. The molecule has 1 aliphatic heterocycles. The Balaban J connectivity index is 1.35. The van der Waals surface area contributed by atoms with Crippen molar-refractivity contribution < 1.29 is 28.2 Å². The van der Waals surface area contributed by atoms with Gasteiger partial charge in [0, 0.05) is 30.3 Å². The maximum absolute atomic E-state index is 16.1. The lowest BCUT2D eigenvalue weighted by Crippen LogP contribution is -2.41. The quantitative estimate of drug-likeness (QED) is 0.207. The van der Waals surface area contributed by atoms with Crippen molar-refractivity contribution in [3.05, 3.63) is 82.1 Å². The lowest BCUT2D eigenvalue weighted by Gasteiger charge is -2.38. The molecule has 8 nitrogen and oxygen atoms in total. The molecule has 2 aliphatic rings. The first-order valence-electron chi connectivity index (χ1n) is 16.3. The monoisotopic (exact) mass is 665 g/mol. The summed E-state index contributed by atoms with van der Waals surface area (Å²) in [5.74, 6) is 0.775.